The van der Waals surface area contributed by atoms with E-state index in [1.165, 1.54) is 6.08 Å². The highest BCUT2D eigenvalue weighted by Gasteiger charge is 2.27. The van der Waals surface area contributed by atoms with Gasteiger partial charge in [0.05, 0.1) is 11.4 Å². The SMILES string of the molecule is O=C(/C=C/c1ccc(S(=O)(=O)NC2CC2)cc1)NCCOc1ccccc1-c1ccccc1. The smallest absolute Gasteiger partial charge is 0.244 e. The number of hydrogen-bond acceptors (Lipinski definition) is 4. The predicted molar refractivity (Wildman–Crippen MR) is 129 cm³/mol. The number of para-hydroxylation sites is 1. The van der Waals surface area contributed by atoms with E-state index in [-0.39, 0.29) is 16.8 Å². The summed E-state index contributed by atoms with van der Waals surface area (Å²) in [6, 6.07) is 24.3. The third-order valence-electron chi connectivity index (χ3n) is 5.15. The number of nitrogens with one attached hydrogen (secondary N) is 2. The van der Waals surface area contributed by atoms with Crippen LogP contribution in [0.3, 0.4) is 0 Å². The molecule has 0 bridgehead atoms. The van der Waals surface area contributed by atoms with E-state index in [1.54, 1.807) is 30.3 Å². The number of hydrogen-bond donors (Lipinski definition) is 2. The zero-order valence-corrected chi connectivity index (χ0v) is 18.9. The van der Waals surface area contributed by atoms with Gasteiger partial charge >= 0.3 is 0 Å². The molecule has 0 aromatic heterocycles. The summed E-state index contributed by atoms with van der Waals surface area (Å²) in [4.78, 5) is 12.3. The van der Waals surface area contributed by atoms with E-state index in [4.69, 9.17) is 4.74 Å². The Balaban J connectivity index is 1.25. The summed E-state index contributed by atoms with van der Waals surface area (Å²) in [5.41, 5.74) is 2.81. The van der Waals surface area contributed by atoms with Gasteiger partial charge in [0.2, 0.25) is 15.9 Å². The van der Waals surface area contributed by atoms with Gasteiger partial charge < -0.3 is 10.1 Å². The maximum atomic E-state index is 12.2. The minimum atomic E-state index is -3.47. The Kier molecular flexibility index (Phi) is 7.22. The normalized spacial score (nSPS) is 13.7. The van der Waals surface area contributed by atoms with Gasteiger partial charge in [-0.25, -0.2) is 13.1 Å². The lowest BCUT2D eigenvalue weighted by atomic mass is 10.1. The Morgan fingerprint density at radius 1 is 0.939 bits per heavy atom. The zero-order valence-electron chi connectivity index (χ0n) is 18.1. The molecule has 6 nitrogen and oxygen atoms in total. The zero-order chi connectivity index (χ0) is 23.1. The van der Waals surface area contributed by atoms with Crippen molar-refractivity contribution >= 4 is 22.0 Å². The summed E-state index contributed by atoms with van der Waals surface area (Å²) in [7, 11) is -3.47. The average Bonchev–Trinajstić information content (AvgIpc) is 3.65. The molecule has 1 fully saturated rings. The largest absolute Gasteiger partial charge is 0.491 e. The van der Waals surface area contributed by atoms with Gasteiger partial charge in [0.1, 0.15) is 12.4 Å². The molecule has 0 heterocycles. The molecule has 0 saturated heterocycles. The number of rotatable bonds is 10. The van der Waals surface area contributed by atoms with Gasteiger partial charge in [0.15, 0.2) is 0 Å². The monoisotopic (exact) mass is 462 g/mol. The molecule has 170 valence electrons. The highest BCUT2D eigenvalue weighted by molar-refractivity contribution is 7.89. The molecule has 1 amide bonds. The van der Waals surface area contributed by atoms with Crippen molar-refractivity contribution in [3.8, 4) is 16.9 Å². The number of amides is 1. The Hall–Kier alpha value is -3.42. The van der Waals surface area contributed by atoms with E-state index in [1.807, 2.05) is 54.6 Å². The van der Waals surface area contributed by atoms with Gasteiger partial charge in [0.25, 0.3) is 0 Å². The van der Waals surface area contributed by atoms with Crippen LogP contribution in [0.4, 0.5) is 0 Å². The number of carbonyl (C=O) groups excluding carboxylic acids is 1. The molecule has 33 heavy (non-hydrogen) atoms. The van der Waals surface area contributed by atoms with E-state index in [0.29, 0.717) is 13.2 Å². The summed E-state index contributed by atoms with van der Waals surface area (Å²) in [6.45, 7) is 0.695. The summed E-state index contributed by atoms with van der Waals surface area (Å²) < 4.78 is 32.9. The first-order valence-corrected chi connectivity index (χ1v) is 12.4. The number of ether oxygens (including phenoxy) is 1. The quantitative estimate of drug-likeness (QED) is 0.352. The van der Waals surface area contributed by atoms with Crippen LogP contribution in [0, 0.1) is 0 Å². The average molecular weight is 463 g/mol. The highest BCUT2D eigenvalue weighted by Crippen LogP contribution is 2.29. The fraction of sp³-hybridized carbons (Fsp3) is 0.192. The first-order valence-electron chi connectivity index (χ1n) is 10.9. The topological polar surface area (TPSA) is 84.5 Å². The molecule has 1 aliphatic carbocycles. The van der Waals surface area contributed by atoms with Crippen molar-refractivity contribution in [2.45, 2.75) is 23.8 Å². The second-order valence-corrected chi connectivity index (χ2v) is 9.51. The number of carbonyl (C=O) groups is 1. The van der Waals surface area contributed by atoms with Crippen molar-refractivity contribution in [2.75, 3.05) is 13.2 Å². The molecule has 1 saturated carbocycles. The lowest BCUT2D eigenvalue weighted by Gasteiger charge is -2.11. The van der Waals surface area contributed by atoms with Crippen LogP contribution in [0.2, 0.25) is 0 Å². The summed E-state index contributed by atoms with van der Waals surface area (Å²) >= 11 is 0. The molecule has 4 rings (SSSR count). The van der Waals surface area contributed by atoms with Crippen molar-refractivity contribution < 1.29 is 17.9 Å². The molecule has 0 atom stereocenters. The molecule has 0 radical (unpaired) electrons. The van der Waals surface area contributed by atoms with Crippen LogP contribution < -0.4 is 14.8 Å². The predicted octanol–water partition coefficient (Wildman–Crippen LogP) is 4.00. The fourth-order valence-corrected chi connectivity index (χ4v) is 4.57. The van der Waals surface area contributed by atoms with Gasteiger partial charge in [0, 0.05) is 17.7 Å². The van der Waals surface area contributed by atoms with Gasteiger partial charge in [-0.05, 0) is 48.2 Å². The molecule has 0 aliphatic heterocycles. The summed E-state index contributed by atoms with van der Waals surface area (Å²) in [5, 5.41) is 2.79. The van der Waals surface area contributed by atoms with Crippen LogP contribution in [0.15, 0.2) is 89.8 Å². The Morgan fingerprint density at radius 3 is 2.36 bits per heavy atom. The maximum absolute atomic E-state index is 12.2. The number of benzene rings is 3. The van der Waals surface area contributed by atoms with Crippen LogP contribution in [0.25, 0.3) is 17.2 Å². The van der Waals surface area contributed by atoms with Gasteiger partial charge in [-0.1, -0.05) is 60.7 Å². The summed E-state index contributed by atoms with van der Waals surface area (Å²) in [5.74, 6) is 0.516. The molecule has 3 aromatic carbocycles. The third-order valence-corrected chi connectivity index (χ3v) is 6.68. The van der Waals surface area contributed by atoms with Crippen molar-refractivity contribution in [2.24, 2.45) is 0 Å². The van der Waals surface area contributed by atoms with Crippen molar-refractivity contribution in [3.63, 3.8) is 0 Å². The highest BCUT2D eigenvalue weighted by atomic mass is 32.2. The molecular weight excluding hydrogens is 436 g/mol. The van der Waals surface area contributed by atoms with Crippen LogP contribution in [-0.2, 0) is 14.8 Å². The second kappa shape index (κ2) is 10.5. The summed E-state index contributed by atoms with van der Waals surface area (Å²) in [6.07, 6.45) is 4.84. The second-order valence-electron chi connectivity index (χ2n) is 7.80. The lowest BCUT2D eigenvalue weighted by Crippen LogP contribution is -2.26. The Morgan fingerprint density at radius 2 is 1.64 bits per heavy atom. The van der Waals surface area contributed by atoms with Crippen molar-refractivity contribution in [1.29, 1.82) is 0 Å². The molecule has 1 aliphatic rings. The standard InChI is InChI=1S/C26H26N2O4S/c29-26(17-12-20-10-15-23(16-11-20)33(30,31)28-22-13-14-22)27-18-19-32-25-9-5-4-8-24(25)21-6-2-1-3-7-21/h1-12,15-17,22,28H,13-14,18-19H2,(H,27,29)/b17-12+. The molecular formula is C26H26N2O4S. The van der Waals surface area contributed by atoms with Crippen molar-refractivity contribution in [1.82, 2.24) is 10.0 Å². The minimum Gasteiger partial charge on any atom is -0.491 e. The molecule has 7 heteroatoms. The minimum absolute atomic E-state index is 0.0639. The Labute approximate surface area is 194 Å². The van der Waals surface area contributed by atoms with Crippen LogP contribution in [0.5, 0.6) is 5.75 Å². The van der Waals surface area contributed by atoms with Crippen LogP contribution >= 0.6 is 0 Å². The van der Waals surface area contributed by atoms with Crippen LogP contribution in [0.1, 0.15) is 18.4 Å². The van der Waals surface area contributed by atoms with Gasteiger partial charge in [-0.3, -0.25) is 4.79 Å². The van der Waals surface area contributed by atoms with E-state index in [0.717, 1.165) is 35.3 Å². The fourth-order valence-electron chi connectivity index (χ4n) is 3.26. The van der Waals surface area contributed by atoms with Gasteiger partial charge in [-0.2, -0.15) is 0 Å². The van der Waals surface area contributed by atoms with E-state index in [2.05, 4.69) is 10.0 Å². The van der Waals surface area contributed by atoms with E-state index < -0.39 is 10.0 Å². The van der Waals surface area contributed by atoms with Crippen molar-refractivity contribution in [3.05, 3.63) is 90.5 Å². The van der Waals surface area contributed by atoms with Gasteiger partial charge in [-0.15, -0.1) is 0 Å². The molecule has 3 aromatic rings. The maximum Gasteiger partial charge on any atom is 0.244 e. The Bertz CT molecular complexity index is 1220. The lowest BCUT2D eigenvalue weighted by molar-refractivity contribution is -0.116. The van der Waals surface area contributed by atoms with E-state index in [9.17, 15) is 13.2 Å². The third kappa shape index (κ3) is 6.54. The molecule has 0 unspecified atom stereocenters. The number of sulfonamides is 1. The molecule has 0 spiro atoms. The molecule has 2 N–H and O–H groups in total. The first kappa shape index (κ1) is 22.8. The van der Waals surface area contributed by atoms with Crippen LogP contribution in [-0.4, -0.2) is 33.5 Å². The first-order chi connectivity index (χ1) is 16.0. The van der Waals surface area contributed by atoms with E-state index >= 15 is 0 Å².